The van der Waals surface area contributed by atoms with Crippen molar-refractivity contribution in [3.63, 3.8) is 0 Å². The molecule has 5 heteroatoms. The quantitative estimate of drug-likeness (QED) is 0.779. The smallest absolute Gasteiger partial charge is 0.297 e. The lowest BCUT2D eigenvalue weighted by molar-refractivity contribution is -0.339. The predicted molar refractivity (Wildman–Crippen MR) is 47.0 cm³/mol. The van der Waals surface area contributed by atoms with E-state index in [1.165, 1.54) is 12.1 Å². The number of Topliss-reactive ketones (excluding diaryl/α,β-unsaturated/α-hetero) is 1. The number of alkyl halides is 3. The Bertz CT molecular complexity index is 332. The Kier molecular flexibility index (Phi) is 3.47. The second-order valence-corrected chi connectivity index (χ2v) is 2.96. The van der Waals surface area contributed by atoms with Gasteiger partial charge < -0.3 is 0 Å². The van der Waals surface area contributed by atoms with E-state index in [1.54, 1.807) is 18.2 Å². The summed E-state index contributed by atoms with van der Waals surface area (Å²) in [7, 11) is 0. The van der Waals surface area contributed by atoms with Crippen molar-refractivity contribution in [2.45, 2.75) is 19.4 Å². The number of carbonyl (C=O) groups is 1. The van der Waals surface area contributed by atoms with Gasteiger partial charge in [-0.05, 0) is 12.5 Å². The van der Waals surface area contributed by atoms with E-state index in [9.17, 15) is 18.0 Å². The summed E-state index contributed by atoms with van der Waals surface area (Å²) in [6.45, 7) is 1.06. The monoisotopic (exact) mass is 218 g/mol. The van der Waals surface area contributed by atoms with Gasteiger partial charge in [0.25, 0.3) is 0 Å². The van der Waals surface area contributed by atoms with Crippen molar-refractivity contribution in [1.82, 2.24) is 0 Å². The molecular weight excluding hydrogens is 209 g/mol. The van der Waals surface area contributed by atoms with Crippen LogP contribution in [0.15, 0.2) is 30.3 Å². The predicted octanol–water partition coefficient (Wildman–Crippen LogP) is 2.85. The molecule has 1 rings (SSSR count). The highest BCUT2D eigenvalue weighted by Gasteiger charge is 2.36. The van der Waals surface area contributed by atoms with Crippen molar-refractivity contribution >= 4 is 5.78 Å². The molecule has 0 aliphatic rings. The molecule has 0 fully saturated rings. The Labute approximate surface area is 84.7 Å². The van der Waals surface area contributed by atoms with Gasteiger partial charge in [-0.2, -0.15) is 0 Å². The van der Waals surface area contributed by atoms with E-state index in [-0.39, 0.29) is 5.56 Å². The van der Waals surface area contributed by atoms with Crippen LogP contribution >= 0.6 is 0 Å². The molecule has 0 aliphatic heterocycles. The molecule has 1 atom stereocenters. The van der Waals surface area contributed by atoms with Crippen LogP contribution in [-0.2, 0) is 9.53 Å². The lowest BCUT2D eigenvalue weighted by Crippen LogP contribution is -2.22. The van der Waals surface area contributed by atoms with Gasteiger partial charge in [-0.15, -0.1) is 13.2 Å². The summed E-state index contributed by atoms with van der Waals surface area (Å²) >= 11 is 0. The van der Waals surface area contributed by atoms with Crippen LogP contribution in [-0.4, -0.2) is 12.1 Å². The first-order valence-corrected chi connectivity index (χ1v) is 4.20. The van der Waals surface area contributed by atoms with Gasteiger partial charge in [-0.3, -0.25) is 9.53 Å². The minimum atomic E-state index is -4.81. The van der Waals surface area contributed by atoms with Crippen LogP contribution in [0.1, 0.15) is 18.6 Å². The van der Waals surface area contributed by atoms with E-state index < -0.39 is 18.2 Å². The summed E-state index contributed by atoms with van der Waals surface area (Å²) in [6, 6.07) is 7.57. The average molecular weight is 218 g/mol. The van der Waals surface area contributed by atoms with Crippen LogP contribution in [0.4, 0.5) is 13.2 Å². The number of hydrogen-bond acceptors (Lipinski definition) is 2. The van der Waals surface area contributed by atoms with Crippen molar-refractivity contribution in [3.8, 4) is 0 Å². The van der Waals surface area contributed by atoms with Gasteiger partial charge in [0.1, 0.15) is 6.10 Å². The van der Waals surface area contributed by atoms with Crippen LogP contribution in [0.3, 0.4) is 0 Å². The first kappa shape index (κ1) is 11.7. The largest absolute Gasteiger partial charge is 0.523 e. The summed E-state index contributed by atoms with van der Waals surface area (Å²) in [4.78, 5) is 11.0. The standard InChI is InChI=1S/C10H9F3O2/c1-7(14)9(15-10(11,12)13)8-5-3-2-4-6-8/h2-6,9H,1H3. The molecule has 0 bridgehead atoms. The molecule has 1 unspecified atom stereocenters. The lowest BCUT2D eigenvalue weighted by Gasteiger charge is -2.16. The summed E-state index contributed by atoms with van der Waals surface area (Å²) in [5.74, 6) is -0.682. The summed E-state index contributed by atoms with van der Waals surface area (Å²) in [5.41, 5.74) is 0.197. The maximum Gasteiger partial charge on any atom is 0.523 e. The van der Waals surface area contributed by atoms with E-state index in [4.69, 9.17) is 0 Å². The summed E-state index contributed by atoms with van der Waals surface area (Å²) in [6.07, 6.45) is -6.39. The van der Waals surface area contributed by atoms with E-state index in [2.05, 4.69) is 4.74 Å². The van der Waals surface area contributed by atoms with Crippen molar-refractivity contribution in [2.75, 3.05) is 0 Å². The maximum absolute atomic E-state index is 12.0. The van der Waals surface area contributed by atoms with Gasteiger partial charge in [0.05, 0.1) is 0 Å². The van der Waals surface area contributed by atoms with Crippen LogP contribution < -0.4 is 0 Å². The molecule has 1 aromatic carbocycles. The molecule has 0 spiro atoms. The topological polar surface area (TPSA) is 26.3 Å². The third kappa shape index (κ3) is 3.71. The average Bonchev–Trinajstić information content (AvgIpc) is 2.14. The second kappa shape index (κ2) is 4.44. The fourth-order valence-electron chi connectivity index (χ4n) is 1.15. The molecule has 0 saturated carbocycles. The van der Waals surface area contributed by atoms with Crippen LogP contribution in [0.25, 0.3) is 0 Å². The zero-order chi connectivity index (χ0) is 11.5. The van der Waals surface area contributed by atoms with Gasteiger partial charge in [-0.25, -0.2) is 0 Å². The number of hydrogen-bond donors (Lipinski definition) is 0. The minimum absolute atomic E-state index is 0.197. The molecule has 0 aromatic heterocycles. The molecule has 82 valence electrons. The van der Waals surface area contributed by atoms with E-state index in [0.29, 0.717) is 0 Å². The Hall–Kier alpha value is -1.36. The fraction of sp³-hybridized carbons (Fsp3) is 0.300. The fourth-order valence-corrected chi connectivity index (χ4v) is 1.15. The maximum atomic E-state index is 12.0. The number of halogens is 3. The Morgan fingerprint density at radius 2 is 1.80 bits per heavy atom. The number of carbonyl (C=O) groups excluding carboxylic acids is 1. The summed E-state index contributed by atoms with van der Waals surface area (Å²) in [5, 5.41) is 0. The molecule has 0 saturated heterocycles. The van der Waals surface area contributed by atoms with E-state index >= 15 is 0 Å². The Balaban J connectivity index is 2.90. The first-order chi connectivity index (χ1) is 6.90. The number of ketones is 1. The van der Waals surface area contributed by atoms with Crippen molar-refractivity contribution < 1.29 is 22.7 Å². The molecule has 15 heavy (non-hydrogen) atoms. The van der Waals surface area contributed by atoms with Gasteiger partial charge in [0, 0.05) is 0 Å². The normalized spacial score (nSPS) is 13.6. The highest BCUT2D eigenvalue weighted by Crippen LogP contribution is 2.28. The van der Waals surface area contributed by atoms with Crippen molar-refractivity contribution in [1.29, 1.82) is 0 Å². The van der Waals surface area contributed by atoms with Crippen molar-refractivity contribution in [2.24, 2.45) is 0 Å². The zero-order valence-electron chi connectivity index (χ0n) is 7.91. The third-order valence-electron chi connectivity index (χ3n) is 1.72. The number of benzene rings is 1. The third-order valence-corrected chi connectivity index (χ3v) is 1.72. The molecule has 0 heterocycles. The van der Waals surface area contributed by atoms with E-state index in [0.717, 1.165) is 6.92 Å². The first-order valence-electron chi connectivity index (χ1n) is 4.20. The molecule has 0 aliphatic carbocycles. The summed E-state index contributed by atoms with van der Waals surface area (Å²) < 4.78 is 39.7. The van der Waals surface area contributed by atoms with Crippen LogP contribution in [0.5, 0.6) is 0 Å². The van der Waals surface area contributed by atoms with Crippen LogP contribution in [0.2, 0.25) is 0 Å². The Morgan fingerprint density at radius 1 is 1.27 bits per heavy atom. The molecule has 0 amide bonds. The van der Waals surface area contributed by atoms with Gasteiger partial charge >= 0.3 is 6.36 Å². The van der Waals surface area contributed by atoms with Crippen molar-refractivity contribution in [3.05, 3.63) is 35.9 Å². The minimum Gasteiger partial charge on any atom is -0.297 e. The molecule has 0 radical (unpaired) electrons. The second-order valence-electron chi connectivity index (χ2n) is 2.96. The van der Waals surface area contributed by atoms with Gasteiger partial charge in [0.15, 0.2) is 5.78 Å². The zero-order valence-corrected chi connectivity index (χ0v) is 7.91. The van der Waals surface area contributed by atoms with Crippen LogP contribution in [0, 0.1) is 0 Å². The van der Waals surface area contributed by atoms with E-state index in [1.807, 2.05) is 0 Å². The highest BCUT2D eigenvalue weighted by atomic mass is 19.4. The SMILES string of the molecule is CC(=O)C(OC(F)(F)F)c1ccccc1. The van der Waals surface area contributed by atoms with Gasteiger partial charge in [0.2, 0.25) is 0 Å². The molecule has 0 N–H and O–H groups in total. The molecule has 2 nitrogen and oxygen atoms in total. The molecular formula is C10H9F3O2. The number of rotatable bonds is 3. The van der Waals surface area contributed by atoms with Gasteiger partial charge in [-0.1, -0.05) is 30.3 Å². The highest BCUT2D eigenvalue weighted by molar-refractivity contribution is 5.81. The number of ether oxygens (including phenoxy) is 1. The molecule has 1 aromatic rings. The Morgan fingerprint density at radius 3 is 2.20 bits per heavy atom. The lowest BCUT2D eigenvalue weighted by atomic mass is 10.1.